The Labute approximate surface area is 668 Å². The normalized spacial score (nSPS) is 15.5. The van der Waals surface area contributed by atoms with Crippen LogP contribution in [0.15, 0.2) is 388 Å². The van der Waals surface area contributed by atoms with Gasteiger partial charge < -0.3 is 14.5 Å². The molecule has 115 heavy (non-hydrogen) atoms. The lowest BCUT2D eigenvalue weighted by molar-refractivity contribution is -0.00450. The Morgan fingerprint density at radius 3 is 0.904 bits per heavy atom. The molecule has 0 radical (unpaired) electrons. The van der Waals surface area contributed by atoms with Crippen LogP contribution in [0.2, 0.25) is 0 Å². The minimum absolute atomic E-state index is 0.216. The van der Waals surface area contributed by atoms with Gasteiger partial charge in [-0.2, -0.15) is 5.26 Å². The molecule has 2 spiro atoms. The standard InChI is InChI=1S/C110H68N4O/c1-112-104-87(66-111)105(113(71-62-58-69(59-63-71)67-30-4-2-5-31-67)96-56-28-54-94-100(96)85-46-20-26-52-92(85)109(94)88-48-22-16-38-77(88)78-39-17-23-49-89(78)109)102-103(108(99-83-44-14-10-36-75(83)76-37-11-15-45-84(76)99)115-107(102)98-81-42-12-8-34-73(81)74-35-9-13-43-82(74)98)106(104)114(72-64-60-70(61-65-72)68-32-6-3-7-33-68)97-57-29-55-95-101(97)86-47-21-27-53-93(86)110(95)90-50-24-18-40-79(90)80-41-19-25-51-91(80)110/h2-65,98-99,107-108H. The molecule has 17 aromatic rings. The summed E-state index contributed by atoms with van der Waals surface area (Å²) in [6.45, 7) is 10.6. The first-order chi connectivity index (χ1) is 57.1. The first-order valence-electron chi connectivity index (χ1n) is 39.9. The maximum atomic E-state index is 13.6. The Kier molecular flexibility index (Phi) is 14.1. The van der Waals surface area contributed by atoms with Crippen molar-refractivity contribution in [3.63, 3.8) is 0 Å². The summed E-state index contributed by atoms with van der Waals surface area (Å²) in [6, 6.07) is 145. The van der Waals surface area contributed by atoms with Crippen LogP contribution < -0.4 is 9.80 Å². The molecule has 0 saturated carbocycles. The Balaban J connectivity index is 0.881. The zero-order valence-electron chi connectivity index (χ0n) is 62.5. The highest BCUT2D eigenvalue weighted by Crippen LogP contribution is 2.72. The van der Waals surface area contributed by atoms with Crippen molar-refractivity contribution in [1.29, 1.82) is 5.26 Å². The third-order valence-corrected chi connectivity index (χ3v) is 26.3. The van der Waals surface area contributed by atoms with E-state index in [1.165, 1.54) is 55.6 Å². The molecule has 534 valence electrons. The van der Waals surface area contributed by atoms with Crippen LogP contribution in [-0.2, 0) is 15.6 Å². The van der Waals surface area contributed by atoms with Crippen LogP contribution in [-0.4, -0.2) is 0 Å². The average molecular weight is 1460 g/mol. The van der Waals surface area contributed by atoms with Crippen LogP contribution in [0.4, 0.5) is 39.8 Å². The molecule has 5 nitrogen and oxygen atoms in total. The second kappa shape index (κ2) is 24.9. The van der Waals surface area contributed by atoms with Gasteiger partial charge in [-0.3, -0.25) is 0 Å². The molecule has 6 aliphatic carbocycles. The van der Waals surface area contributed by atoms with Gasteiger partial charge in [0.1, 0.15) is 0 Å². The van der Waals surface area contributed by atoms with Crippen LogP contribution in [0.25, 0.3) is 93.9 Å². The minimum Gasteiger partial charge on any atom is -0.363 e. The molecular formula is C110H68N4O. The van der Waals surface area contributed by atoms with Gasteiger partial charge in [0.05, 0.1) is 64.0 Å². The molecule has 0 aromatic heterocycles. The molecule has 0 bridgehead atoms. The van der Waals surface area contributed by atoms with E-state index in [-0.39, 0.29) is 11.3 Å². The van der Waals surface area contributed by atoms with Crippen molar-refractivity contribution in [2.45, 2.75) is 34.9 Å². The third-order valence-electron chi connectivity index (χ3n) is 26.3. The van der Waals surface area contributed by atoms with Gasteiger partial charge in [-0.05, 0) is 181 Å². The van der Waals surface area contributed by atoms with E-state index >= 15 is 0 Å². The predicted octanol–water partition coefficient (Wildman–Crippen LogP) is 27.8. The summed E-state index contributed by atoms with van der Waals surface area (Å²) in [5.74, 6) is -0.845. The number of fused-ring (bicyclic) bond motifs is 27. The molecule has 0 amide bonds. The smallest absolute Gasteiger partial charge is 0.230 e. The predicted molar refractivity (Wildman–Crippen MR) is 464 cm³/mol. The third kappa shape index (κ3) is 8.77. The summed E-state index contributed by atoms with van der Waals surface area (Å²) < 4.78 is 8.85. The Morgan fingerprint density at radius 1 is 0.278 bits per heavy atom. The topological polar surface area (TPSA) is 43.9 Å². The van der Waals surface area contributed by atoms with Crippen molar-refractivity contribution >= 4 is 39.8 Å². The van der Waals surface area contributed by atoms with Gasteiger partial charge >= 0.3 is 0 Å². The van der Waals surface area contributed by atoms with E-state index in [1.54, 1.807) is 0 Å². The van der Waals surface area contributed by atoms with Gasteiger partial charge in [-0.25, -0.2) is 4.85 Å². The fraction of sp³-hybridized carbons (Fsp3) is 0.0545. The maximum absolute atomic E-state index is 13.6. The van der Waals surface area contributed by atoms with Gasteiger partial charge in [0.2, 0.25) is 5.69 Å². The molecular weight excluding hydrogens is 1390 g/mol. The van der Waals surface area contributed by atoms with Crippen LogP contribution in [0.5, 0.6) is 0 Å². The molecule has 0 N–H and O–H groups in total. The Morgan fingerprint density at radius 2 is 0.557 bits per heavy atom. The molecule has 2 atom stereocenters. The minimum atomic E-state index is -0.806. The van der Waals surface area contributed by atoms with Crippen molar-refractivity contribution in [2.75, 3.05) is 9.80 Å². The number of nitrogens with zero attached hydrogens (tertiary/aromatic N) is 4. The van der Waals surface area contributed by atoms with Crippen molar-refractivity contribution in [2.24, 2.45) is 0 Å². The van der Waals surface area contributed by atoms with Gasteiger partial charge in [0.25, 0.3) is 0 Å². The van der Waals surface area contributed by atoms with E-state index in [0.29, 0.717) is 11.4 Å². The monoisotopic (exact) mass is 1460 g/mol. The van der Waals surface area contributed by atoms with Crippen molar-refractivity contribution in [1.82, 2.24) is 0 Å². The summed E-state index contributed by atoms with van der Waals surface area (Å²) in [5.41, 5.74) is 37.3. The number of hydrogen-bond donors (Lipinski definition) is 0. The molecule has 0 saturated heterocycles. The highest BCUT2D eigenvalue weighted by Gasteiger charge is 2.57. The van der Waals surface area contributed by atoms with E-state index in [4.69, 9.17) is 9.58 Å². The fourth-order valence-corrected chi connectivity index (χ4v) is 22.1. The lowest BCUT2D eigenvalue weighted by atomic mass is 9.70. The van der Waals surface area contributed by atoms with E-state index in [0.717, 1.165) is 134 Å². The zero-order chi connectivity index (χ0) is 75.8. The zero-order valence-corrected chi connectivity index (χ0v) is 62.5. The van der Waals surface area contributed by atoms with E-state index in [2.05, 4.69) is 404 Å². The van der Waals surface area contributed by atoms with Gasteiger partial charge in [0.15, 0.2) is 0 Å². The summed E-state index contributed by atoms with van der Waals surface area (Å²) in [5, 5.41) is 13.6. The SMILES string of the molecule is [C-]#[N+]c1c(C#N)c(N(c2ccc(-c3ccccc3)cc2)c2cccc3c2-c2ccccc2C32c3ccccc3-c3ccccc32)c2c(c1N(c1ccc(-c3ccccc3)cc1)c1cccc3c1-c1ccccc1C31c3ccccc3-c3ccccc31)C(C1c3ccccc3-c3ccccc31)OC2C1c2ccccc2-c2ccccc21. The molecule has 5 heteroatoms. The highest BCUT2D eigenvalue weighted by atomic mass is 16.5. The number of benzene rings is 17. The molecule has 17 aromatic carbocycles. The quantitative estimate of drug-likeness (QED) is 0.128. The van der Waals surface area contributed by atoms with E-state index in [1.807, 2.05) is 0 Å². The summed E-state index contributed by atoms with van der Waals surface area (Å²) in [6.07, 6.45) is -1.61. The lowest BCUT2D eigenvalue weighted by Gasteiger charge is -2.37. The highest BCUT2D eigenvalue weighted by molar-refractivity contribution is 6.08. The number of nitriles is 1. The van der Waals surface area contributed by atoms with Gasteiger partial charge in [-0.1, -0.05) is 352 Å². The van der Waals surface area contributed by atoms with Crippen molar-refractivity contribution in [3.8, 4) is 95.1 Å². The molecule has 7 aliphatic rings. The summed E-state index contributed by atoms with van der Waals surface area (Å²) in [7, 11) is 0. The molecule has 1 aliphatic heterocycles. The molecule has 1 heterocycles. The molecule has 0 fully saturated rings. The van der Waals surface area contributed by atoms with Crippen LogP contribution in [0.3, 0.4) is 0 Å². The maximum Gasteiger partial charge on any atom is 0.230 e. The summed E-state index contributed by atoms with van der Waals surface area (Å²) >= 11 is 0. The fourth-order valence-electron chi connectivity index (χ4n) is 22.1. The second-order valence-corrected chi connectivity index (χ2v) is 31.4. The lowest BCUT2D eigenvalue weighted by Crippen LogP contribution is -2.26. The van der Waals surface area contributed by atoms with Crippen molar-refractivity contribution in [3.05, 3.63) is 483 Å². The van der Waals surface area contributed by atoms with E-state index < -0.39 is 34.9 Å². The summed E-state index contributed by atoms with van der Waals surface area (Å²) in [4.78, 5) is 9.88. The van der Waals surface area contributed by atoms with Crippen molar-refractivity contribution < 1.29 is 4.74 Å². The Bertz CT molecular complexity index is 6480. The van der Waals surface area contributed by atoms with Crippen LogP contribution in [0.1, 0.15) is 107 Å². The first kappa shape index (κ1) is 65.0. The molecule has 24 rings (SSSR count). The number of anilines is 6. The van der Waals surface area contributed by atoms with Gasteiger partial charge in [0, 0.05) is 45.5 Å². The largest absolute Gasteiger partial charge is 0.363 e. The first-order valence-corrected chi connectivity index (χ1v) is 39.9. The van der Waals surface area contributed by atoms with Gasteiger partial charge in [-0.15, -0.1) is 0 Å². The van der Waals surface area contributed by atoms with Crippen LogP contribution in [0, 0.1) is 17.9 Å². The number of rotatable bonds is 10. The Hall–Kier alpha value is -14.7. The second-order valence-electron chi connectivity index (χ2n) is 31.4. The van der Waals surface area contributed by atoms with Crippen LogP contribution >= 0.6 is 0 Å². The number of hydrogen-bond acceptors (Lipinski definition) is 4. The average Bonchev–Trinajstić information content (AvgIpc) is 1.52. The van der Waals surface area contributed by atoms with E-state index in [9.17, 15) is 11.8 Å². The molecule has 2 unspecified atom stereocenters. The number of ether oxygens (including phenoxy) is 1.